The average Bonchev–Trinajstić information content (AvgIpc) is 3.23. The standard InChI is InChI=1S/C35H32N4O4/c40-33(41)32-31-22-21-28(23-36(32)34(42)37(26-13-3-1-4-14-26)27-15-5-2-6-16-27)38(31)35(43)39-29-17-9-7-11-24(29)19-20-25-12-8-10-18-30(25)39/h1-18,28,31-32H,19-23H2,(H,40,41)/t28-,31+,32-/m0/s1. The number of anilines is 4. The van der Waals surface area contributed by atoms with Crippen molar-refractivity contribution >= 4 is 40.8 Å². The molecule has 1 N–H and O–H groups in total. The van der Waals surface area contributed by atoms with E-state index < -0.39 is 24.1 Å². The molecular weight excluding hydrogens is 540 g/mol. The molecule has 2 bridgehead atoms. The highest BCUT2D eigenvalue weighted by Gasteiger charge is 2.54. The monoisotopic (exact) mass is 572 g/mol. The van der Waals surface area contributed by atoms with Gasteiger partial charge >= 0.3 is 18.0 Å². The van der Waals surface area contributed by atoms with Crippen molar-refractivity contribution in [3.8, 4) is 0 Å². The molecule has 3 atom stereocenters. The molecule has 0 spiro atoms. The van der Waals surface area contributed by atoms with E-state index in [-0.39, 0.29) is 18.6 Å². The predicted octanol–water partition coefficient (Wildman–Crippen LogP) is 6.60. The number of urea groups is 2. The summed E-state index contributed by atoms with van der Waals surface area (Å²) in [5.41, 5.74) is 5.08. The highest BCUT2D eigenvalue weighted by Crippen LogP contribution is 2.42. The van der Waals surface area contributed by atoms with Gasteiger partial charge < -0.3 is 14.9 Å². The van der Waals surface area contributed by atoms with Gasteiger partial charge in [-0.05, 0) is 73.2 Å². The van der Waals surface area contributed by atoms with Gasteiger partial charge in [-0.3, -0.25) is 9.80 Å². The van der Waals surface area contributed by atoms with Gasteiger partial charge in [-0.25, -0.2) is 14.4 Å². The minimum absolute atomic E-state index is 0.130. The molecule has 0 radical (unpaired) electrons. The fourth-order valence-corrected chi connectivity index (χ4v) is 7.00. The molecule has 4 aromatic rings. The van der Waals surface area contributed by atoms with Crippen LogP contribution in [0.2, 0.25) is 0 Å². The van der Waals surface area contributed by atoms with E-state index in [1.807, 2.05) is 97.1 Å². The Morgan fingerprint density at radius 2 is 1.19 bits per heavy atom. The normalized spacial score (nSPS) is 20.6. The second kappa shape index (κ2) is 10.9. The van der Waals surface area contributed by atoms with Crippen LogP contribution in [0.25, 0.3) is 0 Å². The third kappa shape index (κ3) is 4.59. The van der Waals surface area contributed by atoms with Crippen molar-refractivity contribution in [3.05, 3.63) is 120 Å². The molecule has 7 rings (SSSR count). The molecule has 3 aliphatic rings. The van der Waals surface area contributed by atoms with Crippen LogP contribution >= 0.6 is 0 Å². The lowest BCUT2D eigenvalue weighted by Gasteiger charge is -2.47. The molecule has 2 saturated heterocycles. The number of rotatable bonds is 3. The highest BCUT2D eigenvalue weighted by atomic mass is 16.4. The number of carboxylic acid groups (broad SMARTS) is 1. The highest BCUT2D eigenvalue weighted by molar-refractivity contribution is 6.04. The second-order valence-corrected chi connectivity index (χ2v) is 11.3. The lowest BCUT2D eigenvalue weighted by Crippen LogP contribution is -2.67. The Morgan fingerprint density at radius 1 is 0.674 bits per heavy atom. The van der Waals surface area contributed by atoms with Crippen LogP contribution in [-0.4, -0.2) is 57.6 Å². The van der Waals surface area contributed by atoms with E-state index in [2.05, 4.69) is 12.1 Å². The van der Waals surface area contributed by atoms with E-state index in [0.29, 0.717) is 24.2 Å². The Hall–Kier alpha value is -5.11. The van der Waals surface area contributed by atoms with Crippen molar-refractivity contribution in [2.24, 2.45) is 0 Å². The Labute approximate surface area is 250 Å². The van der Waals surface area contributed by atoms with Crippen LogP contribution < -0.4 is 9.80 Å². The number of piperazine rings is 1. The van der Waals surface area contributed by atoms with Crippen molar-refractivity contribution in [3.63, 3.8) is 0 Å². The van der Waals surface area contributed by atoms with Crippen LogP contribution in [0.5, 0.6) is 0 Å². The van der Waals surface area contributed by atoms with Crippen molar-refractivity contribution < 1.29 is 19.5 Å². The summed E-state index contributed by atoms with van der Waals surface area (Å²) in [7, 11) is 0. The number of benzene rings is 4. The summed E-state index contributed by atoms with van der Waals surface area (Å²) in [6.07, 6.45) is 2.74. The lowest BCUT2D eigenvalue weighted by atomic mass is 10.0. The fourth-order valence-electron chi connectivity index (χ4n) is 7.00. The number of fused-ring (bicyclic) bond motifs is 4. The van der Waals surface area contributed by atoms with Crippen LogP contribution in [0.1, 0.15) is 24.0 Å². The van der Waals surface area contributed by atoms with E-state index in [9.17, 15) is 19.5 Å². The molecular formula is C35H32N4O4. The summed E-state index contributed by atoms with van der Waals surface area (Å²) in [6, 6.07) is 31.5. The van der Waals surface area contributed by atoms with Gasteiger partial charge in [0.05, 0.1) is 34.8 Å². The summed E-state index contributed by atoms with van der Waals surface area (Å²) in [5.74, 6) is -1.12. The number of likely N-dealkylation sites (tertiary alicyclic amines) is 1. The number of carbonyl (C=O) groups excluding carboxylic acids is 2. The summed E-state index contributed by atoms with van der Waals surface area (Å²) in [4.78, 5) is 48.5. The number of nitrogens with zero attached hydrogens (tertiary/aromatic N) is 4. The van der Waals surface area contributed by atoms with E-state index in [1.165, 1.54) is 4.90 Å². The third-order valence-corrected chi connectivity index (χ3v) is 8.91. The number of hydrogen-bond acceptors (Lipinski definition) is 3. The van der Waals surface area contributed by atoms with Crippen LogP contribution in [0.3, 0.4) is 0 Å². The maximum absolute atomic E-state index is 14.7. The summed E-state index contributed by atoms with van der Waals surface area (Å²) in [6.45, 7) is 0.130. The number of para-hydroxylation sites is 4. The van der Waals surface area contributed by atoms with Gasteiger partial charge in [-0.1, -0.05) is 72.8 Å². The van der Waals surface area contributed by atoms with Crippen molar-refractivity contribution in [2.45, 2.75) is 43.8 Å². The molecule has 43 heavy (non-hydrogen) atoms. The SMILES string of the molecule is O=C(O)[C@@H]1[C@H]2CC[C@@H](CN1C(=O)N(c1ccccc1)c1ccccc1)N2C(=O)N1c2ccccc2CCc2ccccc21. The number of aliphatic carboxylic acids is 1. The molecule has 0 unspecified atom stereocenters. The van der Waals surface area contributed by atoms with Crippen LogP contribution in [-0.2, 0) is 17.6 Å². The fraction of sp³-hybridized carbons (Fsp3) is 0.229. The first kappa shape index (κ1) is 26.8. The van der Waals surface area contributed by atoms with E-state index in [4.69, 9.17) is 0 Å². The first-order valence-corrected chi connectivity index (χ1v) is 14.7. The summed E-state index contributed by atoms with van der Waals surface area (Å²) < 4.78 is 0. The number of carboxylic acids is 1. The molecule has 0 aliphatic carbocycles. The Morgan fingerprint density at radius 3 is 1.72 bits per heavy atom. The molecule has 4 aromatic carbocycles. The zero-order valence-corrected chi connectivity index (χ0v) is 23.6. The topological polar surface area (TPSA) is 84.4 Å². The van der Waals surface area contributed by atoms with Gasteiger partial charge in [0.15, 0.2) is 6.04 Å². The minimum Gasteiger partial charge on any atom is -0.480 e. The average molecular weight is 573 g/mol. The summed E-state index contributed by atoms with van der Waals surface area (Å²) in [5, 5.41) is 10.6. The molecule has 0 aromatic heterocycles. The third-order valence-electron chi connectivity index (χ3n) is 8.91. The van der Waals surface area contributed by atoms with Gasteiger partial charge in [-0.15, -0.1) is 0 Å². The molecule has 4 amide bonds. The molecule has 216 valence electrons. The second-order valence-electron chi connectivity index (χ2n) is 11.3. The zero-order chi connectivity index (χ0) is 29.5. The first-order valence-electron chi connectivity index (χ1n) is 14.7. The van der Waals surface area contributed by atoms with Gasteiger partial charge in [0.25, 0.3) is 0 Å². The molecule has 8 heteroatoms. The molecule has 8 nitrogen and oxygen atoms in total. The Bertz CT molecular complexity index is 1590. The van der Waals surface area contributed by atoms with E-state index in [0.717, 1.165) is 35.3 Å². The maximum Gasteiger partial charge on any atom is 0.329 e. The molecule has 3 heterocycles. The number of aryl methyl sites for hydroxylation is 2. The van der Waals surface area contributed by atoms with Crippen molar-refractivity contribution in [1.29, 1.82) is 0 Å². The van der Waals surface area contributed by atoms with Gasteiger partial charge in [-0.2, -0.15) is 0 Å². The Balaban J connectivity index is 1.27. The Kier molecular flexibility index (Phi) is 6.81. The quantitative estimate of drug-likeness (QED) is 0.300. The van der Waals surface area contributed by atoms with E-state index >= 15 is 0 Å². The van der Waals surface area contributed by atoms with Gasteiger partial charge in [0, 0.05) is 6.54 Å². The van der Waals surface area contributed by atoms with Crippen LogP contribution in [0.4, 0.5) is 32.3 Å². The van der Waals surface area contributed by atoms with Crippen LogP contribution in [0, 0.1) is 0 Å². The number of carbonyl (C=O) groups is 3. The lowest BCUT2D eigenvalue weighted by molar-refractivity contribution is -0.145. The summed E-state index contributed by atoms with van der Waals surface area (Å²) >= 11 is 0. The smallest absolute Gasteiger partial charge is 0.329 e. The zero-order valence-electron chi connectivity index (χ0n) is 23.6. The molecule has 0 saturated carbocycles. The number of amides is 4. The maximum atomic E-state index is 14.7. The van der Waals surface area contributed by atoms with E-state index in [1.54, 1.807) is 14.7 Å². The van der Waals surface area contributed by atoms with Crippen molar-refractivity contribution in [2.75, 3.05) is 16.3 Å². The van der Waals surface area contributed by atoms with Crippen molar-refractivity contribution in [1.82, 2.24) is 9.80 Å². The largest absolute Gasteiger partial charge is 0.480 e. The molecule has 3 aliphatic heterocycles. The molecule has 2 fully saturated rings. The van der Waals surface area contributed by atoms with Crippen LogP contribution in [0.15, 0.2) is 109 Å². The minimum atomic E-state index is -1.19. The van der Waals surface area contributed by atoms with Gasteiger partial charge in [0.1, 0.15) is 0 Å². The number of hydrogen-bond donors (Lipinski definition) is 1. The van der Waals surface area contributed by atoms with Gasteiger partial charge in [0.2, 0.25) is 0 Å². The first-order chi connectivity index (χ1) is 21.0. The predicted molar refractivity (Wildman–Crippen MR) is 165 cm³/mol.